The van der Waals surface area contributed by atoms with Crippen LogP contribution >= 0.6 is 0 Å². The minimum Gasteiger partial charge on any atom is -0.373 e. The number of imide groups is 1. The molecule has 3 rings (SSSR count). The molecular formula is C17H17NO5Si. The van der Waals surface area contributed by atoms with E-state index < -0.39 is 8.80 Å². The van der Waals surface area contributed by atoms with Crippen LogP contribution in [0.3, 0.4) is 0 Å². The normalized spacial score (nSPS) is 14.2. The number of hydrogen-bond donors (Lipinski definition) is 0. The Balaban J connectivity index is 2.05. The van der Waals surface area contributed by atoms with Gasteiger partial charge in [0.2, 0.25) is 0 Å². The van der Waals surface area contributed by atoms with E-state index in [-0.39, 0.29) is 11.8 Å². The van der Waals surface area contributed by atoms with Crippen molar-refractivity contribution in [2.45, 2.75) is 0 Å². The third-order valence-electron chi connectivity index (χ3n) is 4.06. The molecule has 0 N–H and O–H groups in total. The summed E-state index contributed by atoms with van der Waals surface area (Å²) in [4.78, 5) is 26.4. The predicted molar refractivity (Wildman–Crippen MR) is 90.4 cm³/mol. The van der Waals surface area contributed by atoms with Gasteiger partial charge in [0.05, 0.1) is 16.8 Å². The summed E-state index contributed by atoms with van der Waals surface area (Å²) in [6.07, 6.45) is 0. The number of nitrogens with zero attached hydrogens (tertiary/aromatic N) is 1. The van der Waals surface area contributed by atoms with Crippen molar-refractivity contribution >= 4 is 31.5 Å². The van der Waals surface area contributed by atoms with Gasteiger partial charge in [-0.15, -0.1) is 0 Å². The van der Waals surface area contributed by atoms with Crippen LogP contribution in [-0.2, 0) is 13.3 Å². The van der Waals surface area contributed by atoms with Gasteiger partial charge >= 0.3 is 8.80 Å². The molecule has 0 aliphatic carbocycles. The summed E-state index contributed by atoms with van der Waals surface area (Å²) in [6, 6.07) is 13.7. The Morgan fingerprint density at radius 3 is 1.83 bits per heavy atom. The number of rotatable bonds is 5. The third-order valence-corrected chi connectivity index (χ3v) is 6.69. The highest BCUT2D eigenvalue weighted by molar-refractivity contribution is 6.75. The maximum absolute atomic E-state index is 12.6. The van der Waals surface area contributed by atoms with Gasteiger partial charge < -0.3 is 13.3 Å². The molecule has 0 radical (unpaired) electrons. The maximum Gasteiger partial charge on any atom is 0.536 e. The molecule has 24 heavy (non-hydrogen) atoms. The van der Waals surface area contributed by atoms with E-state index in [0.717, 1.165) is 4.90 Å². The Hall–Kier alpha value is -2.32. The SMILES string of the molecule is CO[Si](OC)(OC)c1cccc(N2C(=O)c3ccccc3C2=O)c1. The first-order valence-electron chi connectivity index (χ1n) is 7.31. The highest BCUT2D eigenvalue weighted by atomic mass is 28.4. The second-order valence-electron chi connectivity index (χ2n) is 5.21. The van der Waals surface area contributed by atoms with Gasteiger partial charge in [-0.1, -0.05) is 24.3 Å². The number of carbonyl (C=O) groups excluding carboxylic acids is 2. The van der Waals surface area contributed by atoms with Crippen LogP contribution in [-0.4, -0.2) is 41.9 Å². The molecule has 7 heteroatoms. The molecule has 0 saturated carbocycles. The van der Waals surface area contributed by atoms with Gasteiger partial charge in [0, 0.05) is 26.5 Å². The minimum absolute atomic E-state index is 0.340. The van der Waals surface area contributed by atoms with E-state index in [1.54, 1.807) is 48.5 Å². The molecule has 2 aromatic carbocycles. The van der Waals surface area contributed by atoms with Crippen molar-refractivity contribution in [2.24, 2.45) is 0 Å². The molecule has 0 atom stereocenters. The van der Waals surface area contributed by atoms with Crippen LogP contribution < -0.4 is 10.1 Å². The van der Waals surface area contributed by atoms with E-state index >= 15 is 0 Å². The summed E-state index contributed by atoms with van der Waals surface area (Å²) >= 11 is 0. The zero-order valence-electron chi connectivity index (χ0n) is 13.6. The molecule has 0 fully saturated rings. The molecule has 0 unspecified atom stereocenters. The van der Waals surface area contributed by atoms with Crippen molar-refractivity contribution in [3.8, 4) is 0 Å². The van der Waals surface area contributed by atoms with Crippen LogP contribution in [0.1, 0.15) is 20.7 Å². The van der Waals surface area contributed by atoms with Crippen molar-refractivity contribution in [2.75, 3.05) is 26.2 Å². The monoisotopic (exact) mass is 343 g/mol. The van der Waals surface area contributed by atoms with Crippen LogP contribution in [0, 0.1) is 0 Å². The molecule has 1 aliphatic heterocycles. The topological polar surface area (TPSA) is 65.1 Å². The van der Waals surface area contributed by atoms with E-state index in [9.17, 15) is 9.59 Å². The summed E-state index contributed by atoms with van der Waals surface area (Å²) in [5, 5.41) is 0.670. The van der Waals surface area contributed by atoms with Crippen molar-refractivity contribution in [3.63, 3.8) is 0 Å². The summed E-state index contributed by atoms with van der Waals surface area (Å²) in [5.41, 5.74) is 1.27. The van der Waals surface area contributed by atoms with E-state index in [2.05, 4.69) is 0 Å². The zero-order valence-corrected chi connectivity index (χ0v) is 14.6. The molecule has 2 aromatic rings. The second kappa shape index (κ2) is 6.29. The Kier molecular flexibility index (Phi) is 4.33. The average Bonchev–Trinajstić information content (AvgIpc) is 2.89. The molecule has 1 aliphatic rings. The lowest BCUT2D eigenvalue weighted by Gasteiger charge is -2.25. The molecule has 2 amide bonds. The number of amides is 2. The van der Waals surface area contributed by atoms with E-state index in [0.29, 0.717) is 22.0 Å². The van der Waals surface area contributed by atoms with E-state index in [1.807, 2.05) is 0 Å². The van der Waals surface area contributed by atoms with Gasteiger partial charge in [-0.05, 0) is 24.3 Å². The number of benzene rings is 2. The molecule has 0 saturated heterocycles. The summed E-state index contributed by atoms with van der Waals surface area (Å²) in [6.45, 7) is 0. The molecular weight excluding hydrogens is 326 g/mol. The fourth-order valence-corrected chi connectivity index (χ4v) is 4.69. The lowest BCUT2D eigenvalue weighted by atomic mass is 10.1. The Morgan fingerprint density at radius 2 is 1.33 bits per heavy atom. The standard InChI is InChI=1S/C17H17NO5Si/c1-21-24(22-2,23-3)13-8-6-7-12(11-13)18-16(19)14-9-4-5-10-15(14)17(18)20/h4-11H,1-3H3. The molecule has 1 heterocycles. The van der Waals surface area contributed by atoms with Gasteiger partial charge in [0.15, 0.2) is 0 Å². The molecule has 0 bridgehead atoms. The highest BCUT2D eigenvalue weighted by Gasteiger charge is 2.42. The van der Waals surface area contributed by atoms with Crippen molar-refractivity contribution < 1.29 is 22.9 Å². The van der Waals surface area contributed by atoms with Gasteiger partial charge in [-0.2, -0.15) is 0 Å². The first-order chi connectivity index (χ1) is 11.6. The molecule has 0 spiro atoms. The average molecular weight is 343 g/mol. The van der Waals surface area contributed by atoms with Crippen molar-refractivity contribution in [3.05, 3.63) is 59.7 Å². The molecule has 124 valence electrons. The third kappa shape index (κ3) is 2.38. The highest BCUT2D eigenvalue weighted by Crippen LogP contribution is 2.28. The Bertz CT molecular complexity index is 760. The first-order valence-corrected chi connectivity index (χ1v) is 9.04. The largest absolute Gasteiger partial charge is 0.536 e. The van der Waals surface area contributed by atoms with Crippen LogP contribution in [0.4, 0.5) is 5.69 Å². The number of hydrogen-bond acceptors (Lipinski definition) is 5. The zero-order chi connectivity index (χ0) is 17.3. The summed E-state index contributed by atoms with van der Waals surface area (Å²) in [5.74, 6) is -0.681. The van der Waals surface area contributed by atoms with Crippen LogP contribution in [0.25, 0.3) is 0 Å². The summed E-state index contributed by atoms with van der Waals surface area (Å²) in [7, 11) is 1.47. The molecule has 0 aromatic heterocycles. The minimum atomic E-state index is -3.05. The lowest BCUT2D eigenvalue weighted by Crippen LogP contribution is -2.54. The van der Waals surface area contributed by atoms with Gasteiger partial charge in [-0.25, -0.2) is 4.90 Å². The van der Waals surface area contributed by atoms with Crippen molar-refractivity contribution in [1.29, 1.82) is 0 Å². The fraction of sp³-hybridized carbons (Fsp3) is 0.176. The number of anilines is 1. The van der Waals surface area contributed by atoms with Crippen LogP contribution in [0.2, 0.25) is 0 Å². The van der Waals surface area contributed by atoms with Gasteiger partial charge in [0.25, 0.3) is 11.8 Å². The van der Waals surface area contributed by atoms with Crippen molar-refractivity contribution in [1.82, 2.24) is 0 Å². The van der Waals surface area contributed by atoms with Crippen LogP contribution in [0.15, 0.2) is 48.5 Å². The van der Waals surface area contributed by atoms with E-state index in [4.69, 9.17) is 13.3 Å². The first kappa shape index (κ1) is 16.5. The fourth-order valence-electron chi connectivity index (χ4n) is 2.86. The maximum atomic E-state index is 12.6. The Morgan fingerprint density at radius 1 is 0.792 bits per heavy atom. The van der Waals surface area contributed by atoms with Gasteiger partial charge in [-0.3, -0.25) is 9.59 Å². The molecule has 6 nitrogen and oxygen atoms in total. The lowest BCUT2D eigenvalue weighted by molar-refractivity contribution is 0.0926. The number of fused-ring (bicyclic) bond motifs is 1. The Labute approximate surface area is 140 Å². The number of carbonyl (C=O) groups is 2. The van der Waals surface area contributed by atoms with Gasteiger partial charge in [0.1, 0.15) is 0 Å². The summed E-state index contributed by atoms with van der Waals surface area (Å²) < 4.78 is 16.4. The second-order valence-corrected chi connectivity index (χ2v) is 8.12. The quantitative estimate of drug-likeness (QED) is 0.609. The predicted octanol–water partition coefficient (Wildman–Crippen LogP) is 1.57. The van der Waals surface area contributed by atoms with Crippen LogP contribution in [0.5, 0.6) is 0 Å². The van der Waals surface area contributed by atoms with E-state index in [1.165, 1.54) is 21.3 Å². The smallest absolute Gasteiger partial charge is 0.373 e.